The highest BCUT2D eigenvalue weighted by Gasteiger charge is 2.20. The highest BCUT2D eigenvalue weighted by atomic mass is 32.2. The van der Waals surface area contributed by atoms with Crippen molar-refractivity contribution in [1.29, 1.82) is 0 Å². The minimum absolute atomic E-state index is 0.0856. The summed E-state index contributed by atoms with van der Waals surface area (Å²) in [6, 6.07) is 17.2. The Morgan fingerprint density at radius 2 is 1.81 bits per heavy atom. The van der Waals surface area contributed by atoms with Crippen molar-refractivity contribution in [2.24, 2.45) is 4.40 Å². The standard InChI is InChI=1S/C22H23N5O3S/c1-16-15-20(24-27(16)18-7-4-3-5-8-18)22(28)23-17-10-12-19(13-11-17)31(29,30)25-21-9-6-14-26(21)2/h3-5,7-8,10-13,15H,6,9,14H2,1-2H3,(H,23,28)/b25-21+. The van der Waals surface area contributed by atoms with Gasteiger partial charge in [0, 0.05) is 31.4 Å². The van der Waals surface area contributed by atoms with Crippen LogP contribution in [0.5, 0.6) is 0 Å². The second-order valence-corrected chi connectivity index (χ2v) is 9.01. The zero-order valence-electron chi connectivity index (χ0n) is 17.3. The van der Waals surface area contributed by atoms with Gasteiger partial charge in [-0.15, -0.1) is 4.40 Å². The van der Waals surface area contributed by atoms with Gasteiger partial charge in [-0.1, -0.05) is 18.2 Å². The fourth-order valence-electron chi connectivity index (χ4n) is 3.42. The van der Waals surface area contributed by atoms with Crippen LogP contribution < -0.4 is 5.32 Å². The Bertz CT molecular complexity index is 1230. The second kappa shape index (κ2) is 8.35. The number of carbonyl (C=O) groups is 1. The zero-order chi connectivity index (χ0) is 22.0. The summed E-state index contributed by atoms with van der Waals surface area (Å²) in [5.41, 5.74) is 2.44. The Morgan fingerprint density at radius 3 is 2.45 bits per heavy atom. The minimum atomic E-state index is -3.79. The molecule has 8 nitrogen and oxygen atoms in total. The molecular weight excluding hydrogens is 414 g/mol. The van der Waals surface area contributed by atoms with Gasteiger partial charge in [0.25, 0.3) is 15.9 Å². The van der Waals surface area contributed by atoms with Gasteiger partial charge in [0.05, 0.1) is 10.6 Å². The molecule has 0 atom stereocenters. The number of hydrogen-bond donors (Lipinski definition) is 1. The first-order chi connectivity index (χ1) is 14.8. The highest BCUT2D eigenvalue weighted by molar-refractivity contribution is 7.90. The molecule has 0 spiro atoms. The number of sulfonamides is 1. The maximum absolute atomic E-state index is 12.6. The van der Waals surface area contributed by atoms with Crippen molar-refractivity contribution in [3.63, 3.8) is 0 Å². The summed E-state index contributed by atoms with van der Waals surface area (Å²) in [6.07, 6.45) is 1.55. The molecular formula is C22H23N5O3S. The molecule has 4 rings (SSSR count). The van der Waals surface area contributed by atoms with Gasteiger partial charge in [-0.05, 0) is 55.8 Å². The Morgan fingerprint density at radius 1 is 1.10 bits per heavy atom. The topological polar surface area (TPSA) is 96.7 Å². The van der Waals surface area contributed by atoms with Gasteiger partial charge < -0.3 is 10.2 Å². The lowest BCUT2D eigenvalue weighted by Crippen LogP contribution is -2.20. The lowest BCUT2D eigenvalue weighted by Gasteiger charge is -2.11. The molecule has 1 aliphatic rings. The molecule has 0 bridgehead atoms. The summed E-state index contributed by atoms with van der Waals surface area (Å²) >= 11 is 0. The third-order valence-corrected chi connectivity index (χ3v) is 6.41. The van der Waals surface area contributed by atoms with E-state index in [0.29, 0.717) is 17.9 Å². The molecule has 3 aromatic rings. The molecule has 1 amide bonds. The van der Waals surface area contributed by atoms with Gasteiger partial charge in [-0.25, -0.2) is 4.68 Å². The Balaban J connectivity index is 1.49. The number of nitrogens with one attached hydrogen (secondary N) is 1. The molecule has 1 fully saturated rings. The van der Waals surface area contributed by atoms with E-state index >= 15 is 0 Å². The number of hydrogen-bond acceptors (Lipinski definition) is 4. The van der Waals surface area contributed by atoms with E-state index < -0.39 is 10.0 Å². The van der Waals surface area contributed by atoms with Crippen molar-refractivity contribution in [3.8, 4) is 5.69 Å². The van der Waals surface area contributed by atoms with E-state index in [1.807, 2.05) is 49.2 Å². The monoisotopic (exact) mass is 437 g/mol. The summed E-state index contributed by atoms with van der Waals surface area (Å²) in [5, 5.41) is 7.14. The first kappa shape index (κ1) is 20.8. The van der Waals surface area contributed by atoms with Crippen LogP contribution in [-0.4, -0.2) is 48.4 Å². The number of aryl methyl sites for hydroxylation is 1. The molecule has 2 heterocycles. The van der Waals surface area contributed by atoms with Gasteiger partial charge in [0.2, 0.25) is 0 Å². The normalized spacial score (nSPS) is 15.4. The fourth-order valence-corrected chi connectivity index (χ4v) is 4.52. The van der Waals surface area contributed by atoms with E-state index in [1.54, 1.807) is 22.9 Å². The fraction of sp³-hybridized carbons (Fsp3) is 0.227. The van der Waals surface area contributed by atoms with Gasteiger partial charge >= 0.3 is 0 Å². The van der Waals surface area contributed by atoms with E-state index in [0.717, 1.165) is 24.3 Å². The maximum atomic E-state index is 12.6. The molecule has 0 saturated carbocycles. The zero-order valence-corrected chi connectivity index (χ0v) is 18.1. The maximum Gasteiger partial charge on any atom is 0.283 e. The number of carbonyl (C=O) groups excluding carboxylic acids is 1. The lowest BCUT2D eigenvalue weighted by atomic mass is 10.3. The van der Waals surface area contributed by atoms with Crippen LogP contribution in [0.4, 0.5) is 5.69 Å². The number of rotatable bonds is 5. The summed E-state index contributed by atoms with van der Waals surface area (Å²) in [7, 11) is -1.95. The number of amidine groups is 1. The SMILES string of the molecule is Cc1cc(C(=O)Nc2ccc(S(=O)(=O)/N=C3\CCCN3C)cc2)nn1-c1ccccc1. The average Bonchev–Trinajstić information content (AvgIpc) is 3.34. The van der Waals surface area contributed by atoms with Gasteiger partial charge in [0.15, 0.2) is 5.69 Å². The summed E-state index contributed by atoms with van der Waals surface area (Å²) in [5.74, 6) is 0.197. The summed E-state index contributed by atoms with van der Waals surface area (Å²) < 4.78 is 30.8. The van der Waals surface area contributed by atoms with E-state index in [2.05, 4.69) is 14.8 Å². The third kappa shape index (κ3) is 4.51. The minimum Gasteiger partial charge on any atom is -0.362 e. The predicted octanol–water partition coefficient (Wildman–Crippen LogP) is 3.25. The van der Waals surface area contributed by atoms with Crippen LogP contribution in [0.3, 0.4) is 0 Å². The van der Waals surface area contributed by atoms with Crippen molar-refractivity contribution in [2.75, 3.05) is 18.9 Å². The molecule has 1 aromatic heterocycles. The van der Waals surface area contributed by atoms with Crippen molar-refractivity contribution >= 4 is 27.5 Å². The molecule has 0 radical (unpaired) electrons. The second-order valence-electron chi connectivity index (χ2n) is 7.40. The number of amides is 1. The van der Waals surface area contributed by atoms with E-state index in [-0.39, 0.29) is 16.5 Å². The third-order valence-electron chi connectivity index (χ3n) is 5.09. The molecule has 9 heteroatoms. The molecule has 2 aromatic carbocycles. The molecule has 1 aliphatic heterocycles. The Labute approximate surface area is 181 Å². The van der Waals surface area contributed by atoms with Gasteiger partial charge in [-0.2, -0.15) is 13.5 Å². The van der Waals surface area contributed by atoms with E-state index in [1.165, 1.54) is 12.1 Å². The van der Waals surface area contributed by atoms with Crippen molar-refractivity contribution in [1.82, 2.24) is 14.7 Å². The van der Waals surface area contributed by atoms with Gasteiger partial charge in [-0.3, -0.25) is 4.79 Å². The van der Waals surface area contributed by atoms with Crippen molar-refractivity contribution in [2.45, 2.75) is 24.7 Å². The smallest absolute Gasteiger partial charge is 0.283 e. The quantitative estimate of drug-likeness (QED) is 0.661. The van der Waals surface area contributed by atoms with Crippen LogP contribution in [0.25, 0.3) is 5.69 Å². The first-order valence-electron chi connectivity index (χ1n) is 9.92. The van der Waals surface area contributed by atoms with Crippen LogP contribution in [0.15, 0.2) is 70.0 Å². The van der Waals surface area contributed by atoms with Crippen molar-refractivity contribution < 1.29 is 13.2 Å². The van der Waals surface area contributed by atoms with E-state index in [9.17, 15) is 13.2 Å². The predicted molar refractivity (Wildman–Crippen MR) is 119 cm³/mol. The molecule has 0 unspecified atom stereocenters. The number of benzene rings is 2. The molecule has 0 aliphatic carbocycles. The number of likely N-dealkylation sites (tertiary alicyclic amines) is 1. The van der Waals surface area contributed by atoms with Crippen LogP contribution in [-0.2, 0) is 10.0 Å². The summed E-state index contributed by atoms with van der Waals surface area (Å²) in [6.45, 7) is 2.68. The van der Waals surface area contributed by atoms with Crippen LogP contribution in [0, 0.1) is 6.92 Å². The van der Waals surface area contributed by atoms with Crippen LogP contribution in [0.2, 0.25) is 0 Å². The average molecular weight is 438 g/mol. The Hall–Kier alpha value is -3.46. The number of anilines is 1. The number of nitrogens with zero attached hydrogens (tertiary/aromatic N) is 4. The molecule has 1 saturated heterocycles. The lowest BCUT2D eigenvalue weighted by molar-refractivity contribution is 0.102. The first-order valence-corrected chi connectivity index (χ1v) is 11.4. The molecule has 160 valence electrons. The Kier molecular flexibility index (Phi) is 5.60. The number of aromatic nitrogens is 2. The largest absolute Gasteiger partial charge is 0.362 e. The van der Waals surface area contributed by atoms with E-state index in [4.69, 9.17) is 0 Å². The molecule has 31 heavy (non-hydrogen) atoms. The van der Waals surface area contributed by atoms with Crippen LogP contribution >= 0.6 is 0 Å². The van der Waals surface area contributed by atoms with Gasteiger partial charge in [0.1, 0.15) is 5.84 Å². The highest BCUT2D eigenvalue weighted by Crippen LogP contribution is 2.20. The summed E-state index contributed by atoms with van der Waals surface area (Å²) in [4.78, 5) is 14.6. The molecule has 1 N–H and O–H groups in total. The van der Waals surface area contributed by atoms with Crippen LogP contribution in [0.1, 0.15) is 29.0 Å². The number of para-hydroxylation sites is 1. The van der Waals surface area contributed by atoms with Crippen molar-refractivity contribution in [3.05, 3.63) is 72.1 Å².